The first kappa shape index (κ1) is 6.15. The van der Waals surface area contributed by atoms with Gasteiger partial charge in [-0.15, -0.1) is 0 Å². The van der Waals surface area contributed by atoms with Crippen molar-refractivity contribution >= 4 is 11.6 Å². The smallest absolute Gasteiger partial charge is 0.286 e. The Balaban J connectivity index is 2.92. The Hall–Kier alpha value is -1.58. The SMILES string of the molecule is C[n+]1c(N)nc2ccccn21. The lowest BCUT2D eigenvalue weighted by Crippen LogP contribution is -2.37. The molecule has 2 heterocycles. The van der Waals surface area contributed by atoms with Crippen LogP contribution in [0.3, 0.4) is 0 Å². The molecule has 2 N–H and O–H groups in total. The monoisotopic (exact) mass is 149 g/mol. The van der Waals surface area contributed by atoms with Gasteiger partial charge in [0.15, 0.2) is 0 Å². The van der Waals surface area contributed by atoms with Crippen LogP contribution in [-0.2, 0) is 7.05 Å². The van der Waals surface area contributed by atoms with Crippen molar-refractivity contribution in [3.05, 3.63) is 24.4 Å². The maximum Gasteiger partial charge on any atom is 0.409 e. The van der Waals surface area contributed by atoms with Gasteiger partial charge in [0, 0.05) is 12.3 Å². The van der Waals surface area contributed by atoms with Crippen LogP contribution in [0.5, 0.6) is 0 Å². The van der Waals surface area contributed by atoms with Crippen molar-refractivity contribution in [1.29, 1.82) is 0 Å². The van der Waals surface area contributed by atoms with E-state index in [9.17, 15) is 0 Å². The number of nitrogen functional groups attached to an aromatic ring is 1. The highest BCUT2D eigenvalue weighted by molar-refractivity contribution is 5.37. The molecule has 0 aromatic carbocycles. The largest absolute Gasteiger partial charge is 0.409 e. The molecule has 0 radical (unpaired) electrons. The predicted octanol–water partition coefficient (Wildman–Crippen LogP) is -0.259. The molecule has 0 aliphatic heterocycles. The van der Waals surface area contributed by atoms with E-state index in [1.807, 2.05) is 36.0 Å². The minimum absolute atomic E-state index is 0.524. The highest BCUT2D eigenvalue weighted by Gasteiger charge is 2.08. The lowest BCUT2D eigenvalue weighted by atomic mass is 10.5. The van der Waals surface area contributed by atoms with Crippen LogP contribution in [0.15, 0.2) is 24.4 Å². The summed E-state index contributed by atoms with van der Waals surface area (Å²) in [7, 11) is 1.87. The molecule has 0 spiro atoms. The van der Waals surface area contributed by atoms with Gasteiger partial charge in [0.25, 0.3) is 0 Å². The Labute approximate surface area is 63.9 Å². The van der Waals surface area contributed by atoms with E-state index in [-0.39, 0.29) is 0 Å². The van der Waals surface area contributed by atoms with Gasteiger partial charge in [-0.25, -0.2) is 0 Å². The third-order valence-corrected chi connectivity index (χ3v) is 1.70. The van der Waals surface area contributed by atoms with Gasteiger partial charge in [0.2, 0.25) is 5.65 Å². The van der Waals surface area contributed by atoms with Gasteiger partial charge in [-0.3, -0.25) is 5.73 Å². The zero-order valence-electron chi connectivity index (χ0n) is 6.23. The maximum atomic E-state index is 5.58. The molecule has 2 aromatic heterocycles. The van der Waals surface area contributed by atoms with E-state index in [1.54, 1.807) is 4.68 Å². The lowest BCUT2D eigenvalue weighted by molar-refractivity contribution is -0.725. The van der Waals surface area contributed by atoms with Crippen molar-refractivity contribution in [2.45, 2.75) is 0 Å². The molecule has 0 fully saturated rings. The molecular weight excluding hydrogens is 140 g/mol. The van der Waals surface area contributed by atoms with Gasteiger partial charge in [-0.05, 0) is 11.1 Å². The van der Waals surface area contributed by atoms with Crippen LogP contribution in [0.4, 0.5) is 5.95 Å². The number of pyridine rings is 1. The number of nitrogens with two attached hydrogens (primary N) is 1. The molecule has 4 heteroatoms. The fourth-order valence-corrected chi connectivity index (χ4v) is 1.07. The predicted molar refractivity (Wildman–Crippen MR) is 40.8 cm³/mol. The van der Waals surface area contributed by atoms with Crippen LogP contribution in [0.2, 0.25) is 0 Å². The topological polar surface area (TPSA) is 47.2 Å². The fourth-order valence-electron chi connectivity index (χ4n) is 1.07. The summed E-state index contributed by atoms with van der Waals surface area (Å²) in [6.07, 6.45) is 1.92. The standard InChI is InChI=1S/C7H8N4/c1-10-7(8)9-6-4-2-3-5-11(6)10/h2-5,8H,1H3/p+1. The van der Waals surface area contributed by atoms with Crippen LogP contribution in [0.1, 0.15) is 0 Å². The first-order chi connectivity index (χ1) is 5.29. The van der Waals surface area contributed by atoms with Gasteiger partial charge < -0.3 is 0 Å². The Bertz CT molecular complexity index is 390. The van der Waals surface area contributed by atoms with Gasteiger partial charge >= 0.3 is 5.95 Å². The number of fused-ring (bicyclic) bond motifs is 1. The summed E-state index contributed by atoms with van der Waals surface area (Å²) in [6, 6.07) is 5.78. The Morgan fingerprint density at radius 3 is 3.09 bits per heavy atom. The van der Waals surface area contributed by atoms with E-state index >= 15 is 0 Å². The van der Waals surface area contributed by atoms with Crippen molar-refractivity contribution in [3.63, 3.8) is 0 Å². The number of aryl methyl sites for hydroxylation is 1. The van der Waals surface area contributed by atoms with Gasteiger partial charge in [-0.1, -0.05) is 6.07 Å². The summed E-state index contributed by atoms with van der Waals surface area (Å²) in [5, 5.41) is 0. The molecule has 2 aromatic rings. The second-order valence-corrected chi connectivity index (χ2v) is 2.40. The third kappa shape index (κ3) is 0.756. The lowest BCUT2D eigenvalue weighted by Gasteiger charge is -1.89. The molecule has 2 rings (SSSR count). The number of rotatable bonds is 0. The summed E-state index contributed by atoms with van der Waals surface area (Å²) in [4.78, 5) is 4.12. The molecule has 0 unspecified atom stereocenters. The molecule has 0 aliphatic rings. The van der Waals surface area contributed by atoms with E-state index in [4.69, 9.17) is 5.73 Å². The second kappa shape index (κ2) is 1.95. The van der Waals surface area contributed by atoms with E-state index in [0.29, 0.717) is 5.95 Å². The van der Waals surface area contributed by atoms with Gasteiger partial charge in [0.1, 0.15) is 0 Å². The normalized spacial score (nSPS) is 10.6. The Morgan fingerprint density at radius 2 is 2.36 bits per heavy atom. The number of nitrogens with zero attached hydrogens (tertiary/aromatic N) is 3. The summed E-state index contributed by atoms with van der Waals surface area (Å²) in [5.41, 5.74) is 6.45. The van der Waals surface area contributed by atoms with Crippen molar-refractivity contribution in [1.82, 2.24) is 9.50 Å². The maximum absolute atomic E-state index is 5.58. The number of hydrogen-bond donors (Lipinski definition) is 1. The van der Waals surface area contributed by atoms with Gasteiger partial charge in [0.05, 0.1) is 7.05 Å². The van der Waals surface area contributed by atoms with Crippen LogP contribution in [0.25, 0.3) is 5.65 Å². The van der Waals surface area contributed by atoms with Crippen LogP contribution >= 0.6 is 0 Å². The quantitative estimate of drug-likeness (QED) is 0.525. The second-order valence-electron chi connectivity index (χ2n) is 2.40. The minimum Gasteiger partial charge on any atom is -0.286 e. The molecule has 4 nitrogen and oxygen atoms in total. The molecule has 11 heavy (non-hydrogen) atoms. The third-order valence-electron chi connectivity index (χ3n) is 1.70. The Morgan fingerprint density at radius 1 is 1.55 bits per heavy atom. The first-order valence-corrected chi connectivity index (χ1v) is 3.38. The summed E-state index contributed by atoms with van der Waals surface area (Å²) < 4.78 is 3.67. The molecular formula is C7H9N4+. The van der Waals surface area contributed by atoms with Crippen LogP contribution < -0.4 is 10.4 Å². The fraction of sp³-hybridized carbons (Fsp3) is 0.143. The zero-order valence-corrected chi connectivity index (χ0v) is 6.23. The number of anilines is 1. The van der Waals surface area contributed by atoms with Crippen LogP contribution in [-0.4, -0.2) is 9.50 Å². The highest BCUT2D eigenvalue weighted by atomic mass is 15.4. The van der Waals surface area contributed by atoms with E-state index in [1.165, 1.54) is 0 Å². The van der Waals surface area contributed by atoms with Crippen LogP contribution in [0, 0.1) is 0 Å². The van der Waals surface area contributed by atoms with Gasteiger partial charge in [-0.2, -0.15) is 9.20 Å². The molecule has 0 amide bonds. The molecule has 0 saturated heterocycles. The number of aromatic nitrogens is 3. The number of hydrogen-bond acceptors (Lipinski definition) is 2. The van der Waals surface area contributed by atoms with E-state index < -0.39 is 0 Å². The minimum atomic E-state index is 0.524. The molecule has 56 valence electrons. The molecule has 0 bridgehead atoms. The Kier molecular flexibility index (Phi) is 1.09. The first-order valence-electron chi connectivity index (χ1n) is 3.38. The highest BCUT2D eigenvalue weighted by Crippen LogP contribution is 1.97. The summed E-state index contributed by atoms with van der Waals surface area (Å²) in [5.74, 6) is 0.524. The molecule has 0 atom stereocenters. The summed E-state index contributed by atoms with van der Waals surface area (Å²) >= 11 is 0. The summed E-state index contributed by atoms with van der Waals surface area (Å²) in [6.45, 7) is 0. The average molecular weight is 149 g/mol. The van der Waals surface area contributed by atoms with E-state index in [2.05, 4.69) is 4.98 Å². The van der Waals surface area contributed by atoms with Crippen molar-refractivity contribution < 1.29 is 4.68 Å². The molecule has 0 aliphatic carbocycles. The van der Waals surface area contributed by atoms with E-state index in [0.717, 1.165) is 5.65 Å². The zero-order chi connectivity index (χ0) is 7.84. The van der Waals surface area contributed by atoms with Crippen molar-refractivity contribution in [2.24, 2.45) is 7.05 Å². The molecule has 0 saturated carbocycles. The average Bonchev–Trinajstić information content (AvgIpc) is 2.30. The van der Waals surface area contributed by atoms with Crippen molar-refractivity contribution in [3.8, 4) is 0 Å². The van der Waals surface area contributed by atoms with Crippen molar-refractivity contribution in [2.75, 3.05) is 5.73 Å².